The Morgan fingerprint density at radius 1 is 0.739 bits per heavy atom. The molecule has 264 valence electrons. The molecule has 0 aromatic heterocycles. The molecule has 0 spiro atoms. The molecule has 46 heavy (non-hydrogen) atoms. The molecule has 0 saturated carbocycles. The van der Waals surface area contributed by atoms with Crippen LogP contribution in [0.15, 0.2) is 60.8 Å². The second kappa shape index (κ2) is 28.0. The number of carbonyl (C=O) groups excluding carboxylic acids is 1. The number of hydrogen-bond acceptors (Lipinski definition) is 8. The Balaban J connectivity index is 2.54. The van der Waals surface area contributed by atoms with Gasteiger partial charge in [0.25, 0.3) is 0 Å². The van der Waals surface area contributed by atoms with Gasteiger partial charge in [-0.3, -0.25) is 4.79 Å². The molecule has 6 N–H and O–H groups in total. The summed E-state index contributed by atoms with van der Waals surface area (Å²) in [7, 11) is 0. The number of carbonyl (C=O) groups is 1. The Hall–Kier alpha value is -2.11. The van der Waals surface area contributed by atoms with Gasteiger partial charge in [-0.2, -0.15) is 0 Å². The van der Waals surface area contributed by atoms with Crippen LogP contribution in [0.1, 0.15) is 110 Å². The maximum atomic E-state index is 12.8. The molecule has 0 bridgehead atoms. The minimum atomic E-state index is -1.57. The zero-order chi connectivity index (χ0) is 33.8. The van der Waals surface area contributed by atoms with Crippen molar-refractivity contribution in [1.29, 1.82) is 0 Å². The van der Waals surface area contributed by atoms with E-state index < -0.39 is 49.5 Å². The molecule has 1 amide bonds. The molecule has 9 nitrogen and oxygen atoms in total. The number of unbranched alkanes of at least 4 members (excludes halogenated alkanes) is 7. The van der Waals surface area contributed by atoms with Crippen molar-refractivity contribution in [3.63, 3.8) is 0 Å². The van der Waals surface area contributed by atoms with Gasteiger partial charge < -0.3 is 40.3 Å². The van der Waals surface area contributed by atoms with Crippen molar-refractivity contribution in [3.8, 4) is 0 Å². The highest BCUT2D eigenvalue weighted by atomic mass is 16.7. The lowest BCUT2D eigenvalue weighted by atomic mass is 9.99. The molecule has 1 aliphatic heterocycles. The minimum Gasteiger partial charge on any atom is -0.394 e. The minimum absolute atomic E-state index is 0.133. The van der Waals surface area contributed by atoms with Crippen LogP contribution in [0, 0.1) is 0 Å². The molecule has 9 heteroatoms. The summed E-state index contributed by atoms with van der Waals surface area (Å²) in [6, 6.07) is -0.771. The third-order valence-electron chi connectivity index (χ3n) is 7.91. The Kier molecular flexibility index (Phi) is 25.5. The molecule has 1 rings (SSSR count). The normalized spacial score (nSPS) is 23.8. The first-order valence-electron chi connectivity index (χ1n) is 17.5. The van der Waals surface area contributed by atoms with E-state index in [4.69, 9.17) is 9.47 Å². The molecule has 1 heterocycles. The fraction of sp³-hybridized carbons (Fsp3) is 0.703. The van der Waals surface area contributed by atoms with Crippen molar-refractivity contribution in [1.82, 2.24) is 5.32 Å². The van der Waals surface area contributed by atoms with Crippen LogP contribution in [0.2, 0.25) is 0 Å². The van der Waals surface area contributed by atoms with Crippen LogP contribution in [0.4, 0.5) is 0 Å². The molecule has 7 atom stereocenters. The molecular formula is C37H63NO8. The van der Waals surface area contributed by atoms with Gasteiger partial charge in [0.05, 0.1) is 25.4 Å². The molecular weight excluding hydrogens is 586 g/mol. The lowest BCUT2D eigenvalue weighted by Gasteiger charge is -2.40. The van der Waals surface area contributed by atoms with E-state index in [2.05, 4.69) is 67.8 Å². The summed E-state index contributed by atoms with van der Waals surface area (Å²) in [5.74, 6) is -0.279. The van der Waals surface area contributed by atoms with Gasteiger partial charge in [0.2, 0.25) is 5.91 Å². The van der Waals surface area contributed by atoms with E-state index in [1.54, 1.807) is 6.08 Å². The third-order valence-corrected chi connectivity index (χ3v) is 7.91. The number of ether oxygens (including phenoxy) is 2. The summed E-state index contributed by atoms with van der Waals surface area (Å²) in [5, 5.41) is 53.7. The van der Waals surface area contributed by atoms with Crippen LogP contribution < -0.4 is 5.32 Å². The number of aliphatic hydroxyl groups excluding tert-OH is 5. The summed E-state index contributed by atoms with van der Waals surface area (Å²) >= 11 is 0. The van der Waals surface area contributed by atoms with Crippen molar-refractivity contribution in [2.24, 2.45) is 0 Å². The van der Waals surface area contributed by atoms with E-state index in [1.807, 2.05) is 6.08 Å². The molecule has 7 unspecified atom stereocenters. The summed E-state index contributed by atoms with van der Waals surface area (Å²) in [6.45, 7) is 3.57. The fourth-order valence-corrected chi connectivity index (χ4v) is 5.05. The number of nitrogens with one attached hydrogen (secondary N) is 1. The number of rotatable bonds is 26. The first-order valence-corrected chi connectivity index (χ1v) is 17.5. The Bertz CT molecular complexity index is 900. The van der Waals surface area contributed by atoms with E-state index in [1.165, 1.54) is 32.1 Å². The largest absolute Gasteiger partial charge is 0.394 e. The van der Waals surface area contributed by atoms with E-state index >= 15 is 0 Å². The highest BCUT2D eigenvalue weighted by molar-refractivity contribution is 5.77. The third kappa shape index (κ3) is 19.5. The Labute approximate surface area is 277 Å². The predicted molar refractivity (Wildman–Crippen MR) is 184 cm³/mol. The van der Waals surface area contributed by atoms with E-state index in [9.17, 15) is 30.3 Å². The second-order valence-corrected chi connectivity index (χ2v) is 11.9. The SMILES string of the molecule is CC/C=C\C/C=C\C/C=C\C/C=C\C/C=C\CC(=O)NC(COC1OC(CO)C(O)C(O)C1O)C(O)CCCCCCCCCC. The van der Waals surface area contributed by atoms with Crippen LogP contribution >= 0.6 is 0 Å². The maximum absolute atomic E-state index is 12.8. The zero-order valence-electron chi connectivity index (χ0n) is 28.3. The van der Waals surface area contributed by atoms with Gasteiger partial charge >= 0.3 is 0 Å². The Morgan fingerprint density at radius 2 is 1.26 bits per heavy atom. The van der Waals surface area contributed by atoms with Crippen molar-refractivity contribution in [2.75, 3.05) is 13.2 Å². The van der Waals surface area contributed by atoms with Crippen LogP contribution in [-0.4, -0.2) is 87.5 Å². The topological polar surface area (TPSA) is 149 Å². The molecule has 1 saturated heterocycles. The summed E-state index contributed by atoms with van der Waals surface area (Å²) in [5.41, 5.74) is 0. The lowest BCUT2D eigenvalue weighted by molar-refractivity contribution is -0.302. The van der Waals surface area contributed by atoms with Crippen LogP contribution in [0.5, 0.6) is 0 Å². The second-order valence-electron chi connectivity index (χ2n) is 11.9. The number of aliphatic hydroxyl groups is 5. The highest BCUT2D eigenvalue weighted by Crippen LogP contribution is 2.22. The highest BCUT2D eigenvalue weighted by Gasteiger charge is 2.44. The number of amides is 1. The Morgan fingerprint density at radius 3 is 1.80 bits per heavy atom. The predicted octanol–water partition coefficient (Wildman–Crippen LogP) is 5.32. The molecule has 1 fully saturated rings. The van der Waals surface area contributed by atoms with Gasteiger partial charge in [0.15, 0.2) is 6.29 Å². The molecule has 0 radical (unpaired) electrons. The first-order chi connectivity index (χ1) is 22.3. The first kappa shape index (κ1) is 41.9. The van der Waals surface area contributed by atoms with Gasteiger partial charge in [-0.15, -0.1) is 0 Å². The van der Waals surface area contributed by atoms with Crippen molar-refractivity contribution >= 4 is 5.91 Å². The van der Waals surface area contributed by atoms with Crippen molar-refractivity contribution < 1.29 is 39.8 Å². The monoisotopic (exact) mass is 649 g/mol. The smallest absolute Gasteiger partial charge is 0.224 e. The van der Waals surface area contributed by atoms with Crippen LogP contribution in [0.3, 0.4) is 0 Å². The van der Waals surface area contributed by atoms with E-state index in [-0.39, 0.29) is 18.9 Å². The van der Waals surface area contributed by atoms with Gasteiger partial charge in [0.1, 0.15) is 24.4 Å². The average molecular weight is 650 g/mol. The summed E-state index contributed by atoms with van der Waals surface area (Å²) in [6.07, 6.45) is 27.0. The molecule has 0 aliphatic carbocycles. The van der Waals surface area contributed by atoms with Crippen LogP contribution in [-0.2, 0) is 14.3 Å². The van der Waals surface area contributed by atoms with Crippen molar-refractivity contribution in [2.45, 2.75) is 153 Å². The van der Waals surface area contributed by atoms with E-state index in [0.717, 1.165) is 44.9 Å². The zero-order valence-corrected chi connectivity index (χ0v) is 28.3. The number of hydrogen-bond donors (Lipinski definition) is 6. The van der Waals surface area contributed by atoms with E-state index in [0.29, 0.717) is 12.8 Å². The number of allylic oxidation sites excluding steroid dienone is 9. The van der Waals surface area contributed by atoms with Crippen LogP contribution in [0.25, 0.3) is 0 Å². The fourth-order valence-electron chi connectivity index (χ4n) is 5.05. The summed E-state index contributed by atoms with van der Waals surface area (Å²) in [4.78, 5) is 12.8. The summed E-state index contributed by atoms with van der Waals surface area (Å²) < 4.78 is 11.1. The van der Waals surface area contributed by atoms with Gasteiger partial charge in [0, 0.05) is 6.42 Å². The lowest BCUT2D eigenvalue weighted by Crippen LogP contribution is -2.60. The van der Waals surface area contributed by atoms with Crippen molar-refractivity contribution in [3.05, 3.63) is 60.8 Å². The van der Waals surface area contributed by atoms with Gasteiger partial charge in [-0.05, 0) is 38.5 Å². The quantitative estimate of drug-likeness (QED) is 0.0545. The molecule has 1 aliphatic rings. The standard InChI is InChI=1S/C37H63NO8/c1-3-5-7-9-11-13-14-15-16-17-18-19-21-23-25-27-33(41)38-30(31(40)26-24-22-20-12-10-8-6-4-2)29-45-37-36(44)35(43)34(42)32(28-39)46-37/h5,7,11,13,15-16,18-19,23,25,30-32,34-37,39-40,42-44H,3-4,6,8-10,12,14,17,20-22,24,26-29H2,1-2H3,(H,38,41)/b7-5-,13-11-,16-15-,19-18-,25-23-. The average Bonchev–Trinajstić information content (AvgIpc) is 3.05. The van der Waals surface area contributed by atoms with Gasteiger partial charge in [-0.1, -0.05) is 126 Å². The molecule has 0 aromatic carbocycles. The molecule has 0 aromatic rings. The van der Waals surface area contributed by atoms with Gasteiger partial charge in [-0.25, -0.2) is 0 Å². The maximum Gasteiger partial charge on any atom is 0.224 e.